The second-order valence-electron chi connectivity index (χ2n) is 2.16. The standard InChI is InChI=1S/C7H7Cl2O2P/c1-11-6-3-2-4-7(5-6)12(8,9)10/h2-5H,1H3. The average molecular weight is 225 g/mol. The number of benzene rings is 1. The molecular weight excluding hydrogens is 218 g/mol. The van der Waals surface area contributed by atoms with Crippen molar-refractivity contribution in [1.29, 1.82) is 0 Å². The summed E-state index contributed by atoms with van der Waals surface area (Å²) < 4.78 is 16.1. The Morgan fingerprint density at radius 1 is 1.42 bits per heavy atom. The molecule has 0 amide bonds. The van der Waals surface area contributed by atoms with Crippen LogP contribution in [0.15, 0.2) is 24.3 Å². The lowest BCUT2D eigenvalue weighted by Crippen LogP contribution is -1.97. The summed E-state index contributed by atoms with van der Waals surface area (Å²) in [5.74, 6) is -2.60. The molecule has 0 aliphatic heterocycles. The molecule has 0 saturated heterocycles. The lowest BCUT2D eigenvalue weighted by atomic mass is 10.3. The quantitative estimate of drug-likeness (QED) is 0.723. The van der Waals surface area contributed by atoms with Crippen LogP contribution in [-0.2, 0) is 4.57 Å². The van der Waals surface area contributed by atoms with Crippen LogP contribution in [0.25, 0.3) is 0 Å². The van der Waals surface area contributed by atoms with Gasteiger partial charge in [0.15, 0.2) is 0 Å². The molecule has 5 heteroatoms. The third kappa shape index (κ3) is 2.41. The molecule has 1 aromatic carbocycles. The Morgan fingerprint density at radius 3 is 2.58 bits per heavy atom. The van der Waals surface area contributed by atoms with Crippen LogP contribution in [0.5, 0.6) is 5.75 Å². The molecule has 0 radical (unpaired) electrons. The van der Waals surface area contributed by atoms with Crippen LogP contribution in [0.1, 0.15) is 0 Å². The minimum atomic E-state index is -3.19. The molecule has 1 rings (SSSR count). The van der Waals surface area contributed by atoms with Crippen molar-refractivity contribution in [2.24, 2.45) is 0 Å². The highest BCUT2D eigenvalue weighted by Gasteiger charge is 2.17. The van der Waals surface area contributed by atoms with Crippen LogP contribution in [0.3, 0.4) is 0 Å². The Balaban J connectivity index is 3.11. The van der Waals surface area contributed by atoms with Gasteiger partial charge >= 0.3 is 0 Å². The molecule has 0 aliphatic rings. The van der Waals surface area contributed by atoms with Gasteiger partial charge < -0.3 is 4.74 Å². The number of hydrogen-bond acceptors (Lipinski definition) is 2. The van der Waals surface area contributed by atoms with E-state index in [0.29, 0.717) is 11.1 Å². The van der Waals surface area contributed by atoms with Crippen LogP contribution in [0, 0.1) is 0 Å². The topological polar surface area (TPSA) is 26.3 Å². The second kappa shape index (κ2) is 3.69. The fraction of sp³-hybridized carbons (Fsp3) is 0.143. The van der Waals surface area contributed by atoms with E-state index in [2.05, 4.69) is 0 Å². The van der Waals surface area contributed by atoms with Crippen molar-refractivity contribution in [3.63, 3.8) is 0 Å². The molecule has 0 fully saturated rings. The van der Waals surface area contributed by atoms with E-state index in [4.69, 9.17) is 27.2 Å². The number of ether oxygens (including phenoxy) is 1. The number of halogens is 2. The summed E-state index contributed by atoms with van der Waals surface area (Å²) in [6.07, 6.45) is 0. The summed E-state index contributed by atoms with van der Waals surface area (Å²) in [5.41, 5.74) is 0. The Labute approximate surface area is 80.4 Å². The van der Waals surface area contributed by atoms with Gasteiger partial charge in [0.1, 0.15) is 5.75 Å². The summed E-state index contributed by atoms with van der Waals surface area (Å²) in [6, 6.07) is 6.57. The Kier molecular flexibility index (Phi) is 3.05. The fourth-order valence-corrected chi connectivity index (χ4v) is 1.94. The first-order valence-electron chi connectivity index (χ1n) is 3.18. The molecule has 0 spiro atoms. The molecule has 0 heterocycles. The number of rotatable bonds is 2. The van der Waals surface area contributed by atoms with E-state index < -0.39 is 5.85 Å². The summed E-state index contributed by atoms with van der Waals surface area (Å²) in [4.78, 5) is 0. The van der Waals surface area contributed by atoms with Crippen LogP contribution in [0.4, 0.5) is 0 Å². The molecule has 0 aliphatic carbocycles. The molecule has 0 aromatic heterocycles. The third-order valence-electron chi connectivity index (χ3n) is 1.35. The lowest BCUT2D eigenvalue weighted by molar-refractivity contribution is 0.415. The van der Waals surface area contributed by atoms with Crippen LogP contribution >= 0.6 is 28.3 Å². The average Bonchev–Trinajstić information content (AvgIpc) is 2.03. The summed E-state index contributed by atoms with van der Waals surface area (Å²) in [7, 11) is 1.52. The van der Waals surface area contributed by atoms with Crippen molar-refractivity contribution in [3.8, 4) is 5.75 Å². The van der Waals surface area contributed by atoms with E-state index in [1.54, 1.807) is 24.3 Å². The third-order valence-corrected chi connectivity index (χ3v) is 3.40. The Morgan fingerprint density at radius 2 is 2.08 bits per heavy atom. The summed E-state index contributed by atoms with van der Waals surface area (Å²) in [6.45, 7) is 0. The van der Waals surface area contributed by atoms with Gasteiger partial charge in [-0.2, -0.15) is 0 Å². The van der Waals surface area contributed by atoms with E-state index in [0.717, 1.165) is 0 Å². The van der Waals surface area contributed by atoms with Crippen molar-refractivity contribution in [2.75, 3.05) is 7.11 Å². The minimum Gasteiger partial charge on any atom is -0.497 e. The molecule has 0 unspecified atom stereocenters. The molecule has 1 aromatic rings. The van der Waals surface area contributed by atoms with Crippen LogP contribution in [-0.4, -0.2) is 7.11 Å². The zero-order valence-corrected chi connectivity index (χ0v) is 8.74. The van der Waals surface area contributed by atoms with E-state index in [1.165, 1.54) is 7.11 Å². The van der Waals surface area contributed by atoms with Gasteiger partial charge in [0.25, 0.3) is 5.85 Å². The summed E-state index contributed by atoms with van der Waals surface area (Å²) >= 11 is 10.9. The Hall–Kier alpha value is -0.170. The molecule has 0 atom stereocenters. The highest BCUT2D eigenvalue weighted by atomic mass is 35.9. The number of methoxy groups -OCH3 is 1. The van der Waals surface area contributed by atoms with Crippen molar-refractivity contribution in [3.05, 3.63) is 24.3 Å². The van der Waals surface area contributed by atoms with Gasteiger partial charge in [-0.1, -0.05) is 6.07 Å². The van der Waals surface area contributed by atoms with E-state index in [1.807, 2.05) is 0 Å². The maximum atomic E-state index is 11.2. The molecular formula is C7H7Cl2O2P. The molecule has 66 valence electrons. The van der Waals surface area contributed by atoms with Crippen molar-refractivity contribution in [2.45, 2.75) is 0 Å². The summed E-state index contributed by atoms with van der Waals surface area (Å²) in [5, 5.41) is 0.394. The van der Waals surface area contributed by atoms with Crippen LogP contribution in [0.2, 0.25) is 0 Å². The predicted molar refractivity (Wildman–Crippen MR) is 51.9 cm³/mol. The van der Waals surface area contributed by atoms with Gasteiger partial charge in [-0.25, -0.2) is 0 Å². The first-order valence-corrected chi connectivity index (χ1v) is 6.69. The molecule has 2 nitrogen and oxygen atoms in total. The van der Waals surface area contributed by atoms with Gasteiger partial charge in [-0.05, 0) is 40.7 Å². The number of hydrogen-bond donors (Lipinski definition) is 0. The van der Waals surface area contributed by atoms with Gasteiger partial charge in [-0.3, -0.25) is 4.57 Å². The lowest BCUT2D eigenvalue weighted by Gasteiger charge is -2.03. The largest absolute Gasteiger partial charge is 0.497 e. The SMILES string of the molecule is COc1cccc(P(=O)(Cl)Cl)c1. The first-order chi connectivity index (χ1) is 5.54. The van der Waals surface area contributed by atoms with Crippen molar-refractivity contribution < 1.29 is 9.30 Å². The van der Waals surface area contributed by atoms with Gasteiger partial charge in [0.2, 0.25) is 0 Å². The zero-order chi connectivity index (χ0) is 9.19. The maximum Gasteiger partial charge on any atom is 0.282 e. The van der Waals surface area contributed by atoms with Crippen molar-refractivity contribution in [1.82, 2.24) is 0 Å². The monoisotopic (exact) mass is 224 g/mol. The smallest absolute Gasteiger partial charge is 0.282 e. The van der Waals surface area contributed by atoms with Crippen LogP contribution < -0.4 is 10.0 Å². The normalized spacial score (nSPS) is 11.2. The molecule has 0 saturated carbocycles. The minimum absolute atomic E-state index is 0.394. The molecule has 0 N–H and O–H groups in total. The first kappa shape index (κ1) is 9.91. The van der Waals surface area contributed by atoms with Crippen molar-refractivity contribution >= 4 is 33.6 Å². The highest BCUT2D eigenvalue weighted by molar-refractivity contribution is 8.13. The van der Waals surface area contributed by atoms with Gasteiger partial charge in [0, 0.05) is 5.30 Å². The maximum absolute atomic E-state index is 11.2. The Bertz CT molecular complexity index is 321. The molecule has 0 bridgehead atoms. The zero-order valence-electron chi connectivity index (χ0n) is 6.33. The van der Waals surface area contributed by atoms with Gasteiger partial charge in [-0.15, -0.1) is 0 Å². The highest BCUT2D eigenvalue weighted by Crippen LogP contribution is 2.55. The van der Waals surface area contributed by atoms with E-state index >= 15 is 0 Å². The van der Waals surface area contributed by atoms with E-state index in [9.17, 15) is 4.57 Å². The second-order valence-corrected chi connectivity index (χ2v) is 6.98. The van der Waals surface area contributed by atoms with E-state index in [-0.39, 0.29) is 0 Å². The predicted octanol–water partition coefficient (Wildman–Crippen LogP) is 2.99. The fourth-order valence-electron chi connectivity index (χ4n) is 0.772. The molecule has 12 heavy (non-hydrogen) atoms. The van der Waals surface area contributed by atoms with Gasteiger partial charge in [0.05, 0.1) is 7.11 Å².